The summed E-state index contributed by atoms with van der Waals surface area (Å²) in [5.74, 6) is 0.991. The van der Waals surface area contributed by atoms with Gasteiger partial charge in [-0.05, 0) is 46.1 Å². The maximum Gasteiger partial charge on any atom is 0.00786 e. The second-order valence-electron chi connectivity index (χ2n) is 4.44. The van der Waals surface area contributed by atoms with Crippen molar-refractivity contribution < 1.29 is 0 Å². The van der Waals surface area contributed by atoms with Crippen molar-refractivity contribution in [3.05, 3.63) is 0 Å². The Morgan fingerprint density at radius 1 is 1.42 bits per heavy atom. The van der Waals surface area contributed by atoms with E-state index in [1.165, 1.54) is 19.4 Å². The highest BCUT2D eigenvalue weighted by atomic mass is 15.1. The van der Waals surface area contributed by atoms with Gasteiger partial charge in [-0.25, -0.2) is 0 Å². The van der Waals surface area contributed by atoms with Gasteiger partial charge in [0.2, 0.25) is 0 Å². The molecule has 2 N–H and O–H groups in total. The van der Waals surface area contributed by atoms with Gasteiger partial charge in [0.25, 0.3) is 0 Å². The Bertz CT molecular complexity index is 122. The van der Waals surface area contributed by atoms with Crippen LogP contribution >= 0.6 is 0 Å². The maximum absolute atomic E-state index is 5.75. The fourth-order valence-corrected chi connectivity index (χ4v) is 1.61. The van der Waals surface area contributed by atoms with E-state index >= 15 is 0 Å². The number of hydrogen-bond donors (Lipinski definition) is 1. The summed E-state index contributed by atoms with van der Waals surface area (Å²) in [6.07, 6.45) is 3.99. The quantitative estimate of drug-likeness (QED) is 0.676. The van der Waals surface area contributed by atoms with Crippen LogP contribution in [0, 0.1) is 5.92 Å². The average Bonchev–Trinajstić information content (AvgIpc) is 2.70. The molecule has 1 aliphatic carbocycles. The van der Waals surface area contributed by atoms with Gasteiger partial charge in [-0.15, -0.1) is 0 Å². The van der Waals surface area contributed by atoms with Crippen LogP contribution in [0.2, 0.25) is 0 Å². The third-order valence-electron chi connectivity index (χ3n) is 2.71. The van der Waals surface area contributed by atoms with Gasteiger partial charge >= 0.3 is 0 Å². The van der Waals surface area contributed by atoms with E-state index in [0.29, 0.717) is 12.1 Å². The molecule has 0 aliphatic heterocycles. The van der Waals surface area contributed by atoms with Crippen LogP contribution in [0.1, 0.15) is 33.1 Å². The summed E-state index contributed by atoms with van der Waals surface area (Å²) in [6.45, 7) is 5.63. The molecule has 0 radical (unpaired) electrons. The first-order valence-electron chi connectivity index (χ1n) is 5.05. The van der Waals surface area contributed by atoms with E-state index in [1.807, 2.05) is 0 Å². The molecule has 1 rings (SSSR count). The van der Waals surface area contributed by atoms with Crippen LogP contribution in [0.5, 0.6) is 0 Å². The van der Waals surface area contributed by atoms with Crippen LogP contribution in [0.4, 0.5) is 0 Å². The highest BCUT2D eigenvalue weighted by Crippen LogP contribution is 2.29. The van der Waals surface area contributed by atoms with Crippen LogP contribution in [0.25, 0.3) is 0 Å². The maximum atomic E-state index is 5.75. The van der Waals surface area contributed by atoms with Crippen molar-refractivity contribution in [1.29, 1.82) is 0 Å². The lowest BCUT2D eigenvalue weighted by Crippen LogP contribution is -2.35. The summed E-state index contributed by atoms with van der Waals surface area (Å²) in [7, 11) is 2.21. The first kappa shape index (κ1) is 10.0. The highest BCUT2D eigenvalue weighted by Gasteiger charge is 2.24. The third kappa shape index (κ3) is 3.55. The van der Waals surface area contributed by atoms with E-state index in [4.69, 9.17) is 5.73 Å². The fourth-order valence-electron chi connectivity index (χ4n) is 1.61. The summed E-state index contributed by atoms with van der Waals surface area (Å²) in [5.41, 5.74) is 5.75. The molecule has 0 aromatic heterocycles. The first-order chi connectivity index (χ1) is 5.59. The Hall–Kier alpha value is -0.0800. The minimum Gasteiger partial charge on any atom is -0.328 e. The number of nitrogens with zero attached hydrogens (tertiary/aromatic N) is 1. The van der Waals surface area contributed by atoms with Gasteiger partial charge in [0.05, 0.1) is 0 Å². The predicted octanol–water partition coefficient (Wildman–Crippen LogP) is 1.45. The summed E-state index contributed by atoms with van der Waals surface area (Å²) in [4.78, 5) is 2.45. The topological polar surface area (TPSA) is 29.3 Å². The molecule has 0 bridgehead atoms. The van der Waals surface area contributed by atoms with Gasteiger partial charge in [0.15, 0.2) is 0 Å². The second-order valence-corrected chi connectivity index (χ2v) is 4.44. The molecular formula is C10H22N2. The Balaban J connectivity index is 2.14. The molecule has 0 aromatic carbocycles. The van der Waals surface area contributed by atoms with E-state index in [9.17, 15) is 0 Å². The number of hydrogen-bond acceptors (Lipinski definition) is 2. The molecule has 12 heavy (non-hydrogen) atoms. The Morgan fingerprint density at radius 3 is 2.42 bits per heavy atom. The zero-order valence-corrected chi connectivity index (χ0v) is 8.59. The minimum atomic E-state index is 0.335. The molecule has 72 valence electrons. The van der Waals surface area contributed by atoms with E-state index < -0.39 is 0 Å². The lowest BCUT2D eigenvalue weighted by atomic mass is 10.1. The highest BCUT2D eigenvalue weighted by molar-refractivity contribution is 4.78. The molecule has 0 amide bonds. The number of nitrogens with two attached hydrogens (primary N) is 1. The summed E-state index contributed by atoms with van der Waals surface area (Å²) in [5, 5.41) is 0. The third-order valence-corrected chi connectivity index (χ3v) is 2.71. The van der Waals surface area contributed by atoms with Crippen molar-refractivity contribution in [2.45, 2.75) is 45.2 Å². The first-order valence-corrected chi connectivity index (χ1v) is 5.05. The molecule has 1 aliphatic rings. The van der Waals surface area contributed by atoms with Gasteiger partial charge in [-0.3, -0.25) is 0 Å². The number of rotatable bonds is 5. The molecular weight excluding hydrogens is 148 g/mol. The Morgan fingerprint density at radius 2 is 2.00 bits per heavy atom. The van der Waals surface area contributed by atoms with Crippen LogP contribution in [-0.2, 0) is 0 Å². The molecule has 0 saturated heterocycles. The fraction of sp³-hybridized carbons (Fsp3) is 1.00. The van der Waals surface area contributed by atoms with Gasteiger partial charge in [0.1, 0.15) is 0 Å². The largest absolute Gasteiger partial charge is 0.328 e. The summed E-state index contributed by atoms with van der Waals surface area (Å²) < 4.78 is 0. The van der Waals surface area contributed by atoms with Gasteiger partial charge < -0.3 is 10.6 Å². The average molecular weight is 170 g/mol. The predicted molar refractivity (Wildman–Crippen MR) is 53.1 cm³/mol. The molecule has 0 aromatic rings. The van der Waals surface area contributed by atoms with Crippen LogP contribution in [-0.4, -0.2) is 30.6 Å². The second kappa shape index (κ2) is 4.24. The molecule has 0 heterocycles. The van der Waals surface area contributed by atoms with Crippen molar-refractivity contribution >= 4 is 0 Å². The zero-order chi connectivity index (χ0) is 9.14. The molecule has 1 fully saturated rings. The Labute approximate surface area is 76.1 Å². The molecule has 0 spiro atoms. The van der Waals surface area contributed by atoms with Crippen LogP contribution in [0.3, 0.4) is 0 Å². The van der Waals surface area contributed by atoms with E-state index in [2.05, 4.69) is 25.8 Å². The standard InChI is InChI=1S/C10H22N2/c1-8(11)6-9(2)12(3)7-10-4-5-10/h8-10H,4-7,11H2,1-3H3. The van der Waals surface area contributed by atoms with Crippen LogP contribution in [0.15, 0.2) is 0 Å². The smallest absolute Gasteiger partial charge is 0.00786 e. The van der Waals surface area contributed by atoms with Crippen molar-refractivity contribution in [3.8, 4) is 0 Å². The van der Waals surface area contributed by atoms with Crippen molar-refractivity contribution in [3.63, 3.8) is 0 Å². The molecule has 2 heteroatoms. The Kier molecular flexibility index (Phi) is 3.53. The van der Waals surface area contributed by atoms with Gasteiger partial charge in [-0.2, -0.15) is 0 Å². The van der Waals surface area contributed by atoms with Gasteiger partial charge in [-0.1, -0.05) is 0 Å². The molecule has 2 unspecified atom stereocenters. The van der Waals surface area contributed by atoms with Crippen molar-refractivity contribution in [2.24, 2.45) is 11.7 Å². The molecule has 2 atom stereocenters. The summed E-state index contributed by atoms with van der Waals surface area (Å²) >= 11 is 0. The van der Waals surface area contributed by atoms with Crippen molar-refractivity contribution in [2.75, 3.05) is 13.6 Å². The summed E-state index contributed by atoms with van der Waals surface area (Å²) in [6, 6.07) is 0.979. The van der Waals surface area contributed by atoms with Crippen LogP contribution < -0.4 is 5.73 Å². The van der Waals surface area contributed by atoms with Gasteiger partial charge in [0, 0.05) is 18.6 Å². The molecule has 1 saturated carbocycles. The van der Waals surface area contributed by atoms with E-state index in [1.54, 1.807) is 0 Å². The normalized spacial score (nSPS) is 22.8. The molecule has 2 nitrogen and oxygen atoms in total. The van der Waals surface area contributed by atoms with Crippen molar-refractivity contribution in [1.82, 2.24) is 4.90 Å². The van der Waals surface area contributed by atoms with E-state index in [-0.39, 0.29) is 0 Å². The monoisotopic (exact) mass is 170 g/mol. The van der Waals surface area contributed by atoms with E-state index in [0.717, 1.165) is 12.3 Å². The lowest BCUT2D eigenvalue weighted by molar-refractivity contribution is 0.229. The minimum absolute atomic E-state index is 0.335. The lowest BCUT2D eigenvalue weighted by Gasteiger charge is -2.25. The SMILES string of the molecule is CC(N)CC(C)N(C)CC1CC1. The zero-order valence-electron chi connectivity index (χ0n) is 8.59.